The van der Waals surface area contributed by atoms with Crippen LogP contribution in [0.25, 0.3) is 0 Å². The molecular weight excluding hydrogens is 444 g/mol. The third-order valence-electron chi connectivity index (χ3n) is 4.47. The summed E-state index contributed by atoms with van der Waals surface area (Å²) in [5, 5.41) is 2.73. The van der Waals surface area contributed by atoms with Crippen molar-refractivity contribution in [3.05, 3.63) is 47.5 Å². The number of nitrogens with one attached hydrogen (secondary N) is 1. The minimum Gasteiger partial charge on any atom is -0.490 e. The van der Waals surface area contributed by atoms with Crippen LogP contribution in [0.5, 0.6) is 11.5 Å². The summed E-state index contributed by atoms with van der Waals surface area (Å²) in [6, 6.07) is 11.4. The van der Waals surface area contributed by atoms with E-state index in [1.807, 2.05) is 13.0 Å². The molecule has 1 heterocycles. The van der Waals surface area contributed by atoms with Crippen molar-refractivity contribution in [2.45, 2.75) is 18.2 Å². The van der Waals surface area contributed by atoms with Gasteiger partial charge in [0.05, 0.1) is 24.8 Å². The smallest absolute Gasteiger partial charge is 0.262 e. The lowest BCUT2D eigenvalue weighted by Crippen LogP contribution is -2.40. The van der Waals surface area contributed by atoms with Crippen LogP contribution >= 0.6 is 11.6 Å². The number of halogens is 1. The summed E-state index contributed by atoms with van der Waals surface area (Å²) in [5.41, 5.74) is 0.306. The standard InChI is InChI=1S/C21H25ClN2O6S/c1-2-11-29-18-5-3-4-6-19(18)30-15-21(25)23-16-7-8-17(22)20(14-16)31(26,27)24-9-12-28-13-10-24/h3-8,14H,2,9-13,15H2,1H3,(H,23,25). The number of benzene rings is 2. The molecule has 1 N–H and O–H groups in total. The van der Waals surface area contributed by atoms with Crippen LogP contribution in [0.1, 0.15) is 13.3 Å². The second kappa shape index (κ2) is 10.8. The van der Waals surface area contributed by atoms with Gasteiger partial charge in [-0.1, -0.05) is 30.7 Å². The summed E-state index contributed by atoms with van der Waals surface area (Å²) in [5.74, 6) is 0.572. The van der Waals surface area contributed by atoms with Crippen molar-refractivity contribution in [3.63, 3.8) is 0 Å². The van der Waals surface area contributed by atoms with Crippen molar-refractivity contribution in [2.75, 3.05) is 44.8 Å². The third kappa shape index (κ3) is 6.10. The summed E-state index contributed by atoms with van der Waals surface area (Å²) in [6.45, 7) is 3.43. The topological polar surface area (TPSA) is 94.2 Å². The molecule has 1 saturated heterocycles. The second-order valence-electron chi connectivity index (χ2n) is 6.79. The van der Waals surface area contributed by atoms with Crippen LogP contribution < -0.4 is 14.8 Å². The molecule has 1 fully saturated rings. The van der Waals surface area contributed by atoms with E-state index in [0.29, 0.717) is 37.0 Å². The Labute approximate surface area is 187 Å². The van der Waals surface area contributed by atoms with Gasteiger partial charge in [0.25, 0.3) is 5.91 Å². The van der Waals surface area contributed by atoms with Crippen LogP contribution in [0.15, 0.2) is 47.4 Å². The fraction of sp³-hybridized carbons (Fsp3) is 0.381. The van der Waals surface area contributed by atoms with Gasteiger partial charge in [-0.2, -0.15) is 4.31 Å². The lowest BCUT2D eigenvalue weighted by molar-refractivity contribution is -0.118. The Morgan fingerprint density at radius 3 is 2.48 bits per heavy atom. The van der Waals surface area contributed by atoms with Gasteiger partial charge in [-0.3, -0.25) is 4.79 Å². The van der Waals surface area contributed by atoms with E-state index < -0.39 is 15.9 Å². The lowest BCUT2D eigenvalue weighted by Gasteiger charge is -2.26. The molecule has 0 bridgehead atoms. The fourth-order valence-corrected chi connectivity index (χ4v) is 4.85. The number of carbonyl (C=O) groups excluding carboxylic acids is 1. The number of amides is 1. The Morgan fingerprint density at radius 2 is 1.81 bits per heavy atom. The maximum Gasteiger partial charge on any atom is 0.262 e. The van der Waals surface area contributed by atoms with Crippen molar-refractivity contribution < 1.29 is 27.4 Å². The molecule has 0 radical (unpaired) electrons. The highest BCUT2D eigenvalue weighted by molar-refractivity contribution is 7.89. The van der Waals surface area contributed by atoms with Gasteiger partial charge in [0, 0.05) is 18.8 Å². The van der Waals surface area contributed by atoms with Gasteiger partial charge in [0.15, 0.2) is 18.1 Å². The van der Waals surface area contributed by atoms with Gasteiger partial charge in [0.1, 0.15) is 4.90 Å². The van der Waals surface area contributed by atoms with E-state index in [1.165, 1.54) is 22.5 Å². The third-order valence-corrected chi connectivity index (χ3v) is 6.85. The monoisotopic (exact) mass is 468 g/mol. The zero-order valence-corrected chi connectivity index (χ0v) is 18.7. The van der Waals surface area contributed by atoms with Crippen LogP contribution in [-0.4, -0.2) is 58.1 Å². The minimum atomic E-state index is -3.80. The zero-order valence-electron chi connectivity index (χ0n) is 17.2. The second-order valence-corrected chi connectivity index (χ2v) is 9.11. The Kier molecular flexibility index (Phi) is 8.14. The summed E-state index contributed by atoms with van der Waals surface area (Å²) < 4.78 is 43.6. The Morgan fingerprint density at radius 1 is 1.13 bits per heavy atom. The first-order valence-electron chi connectivity index (χ1n) is 9.93. The number of morpholine rings is 1. The molecule has 1 aliphatic heterocycles. The van der Waals surface area contributed by atoms with Gasteiger partial charge < -0.3 is 19.5 Å². The number of sulfonamides is 1. The van der Waals surface area contributed by atoms with Gasteiger partial charge in [-0.05, 0) is 36.8 Å². The largest absolute Gasteiger partial charge is 0.490 e. The predicted molar refractivity (Wildman–Crippen MR) is 117 cm³/mol. The number of anilines is 1. The quantitative estimate of drug-likeness (QED) is 0.607. The molecule has 10 heteroatoms. The molecule has 0 aliphatic carbocycles. The number of nitrogens with zero attached hydrogens (tertiary/aromatic N) is 1. The molecule has 0 unspecified atom stereocenters. The number of rotatable bonds is 9. The Hall–Kier alpha value is -2.33. The molecular formula is C21H25ClN2O6S. The number of carbonyl (C=O) groups is 1. The normalized spacial score (nSPS) is 14.8. The number of ether oxygens (including phenoxy) is 3. The van der Waals surface area contributed by atoms with Crippen molar-refractivity contribution in [3.8, 4) is 11.5 Å². The average molecular weight is 469 g/mol. The van der Waals surface area contributed by atoms with E-state index in [0.717, 1.165) is 6.42 Å². The van der Waals surface area contributed by atoms with E-state index in [4.69, 9.17) is 25.8 Å². The molecule has 1 amide bonds. The maximum atomic E-state index is 12.9. The molecule has 3 rings (SSSR count). The van der Waals surface area contributed by atoms with Crippen LogP contribution in [0.4, 0.5) is 5.69 Å². The van der Waals surface area contributed by atoms with Crippen molar-refractivity contribution in [1.29, 1.82) is 0 Å². The number of hydrogen-bond acceptors (Lipinski definition) is 6. The maximum absolute atomic E-state index is 12.9. The first kappa shape index (κ1) is 23.3. The van der Waals surface area contributed by atoms with E-state index >= 15 is 0 Å². The summed E-state index contributed by atoms with van der Waals surface area (Å²) >= 11 is 6.15. The van der Waals surface area contributed by atoms with Gasteiger partial charge >= 0.3 is 0 Å². The van der Waals surface area contributed by atoms with E-state index in [1.54, 1.807) is 18.2 Å². The highest BCUT2D eigenvalue weighted by atomic mass is 35.5. The highest BCUT2D eigenvalue weighted by Crippen LogP contribution is 2.29. The molecule has 2 aromatic rings. The molecule has 2 aromatic carbocycles. The van der Waals surface area contributed by atoms with Gasteiger partial charge in [-0.25, -0.2) is 8.42 Å². The summed E-state index contributed by atoms with van der Waals surface area (Å²) in [7, 11) is -3.80. The fourth-order valence-electron chi connectivity index (χ4n) is 2.95. The van der Waals surface area contributed by atoms with Crippen LogP contribution in [-0.2, 0) is 19.6 Å². The molecule has 0 atom stereocenters. The summed E-state index contributed by atoms with van der Waals surface area (Å²) in [4.78, 5) is 12.3. The van der Waals surface area contributed by atoms with E-state index in [9.17, 15) is 13.2 Å². The first-order chi connectivity index (χ1) is 14.9. The van der Waals surface area contributed by atoms with E-state index in [-0.39, 0.29) is 29.6 Å². The summed E-state index contributed by atoms with van der Waals surface area (Å²) in [6.07, 6.45) is 0.848. The van der Waals surface area contributed by atoms with Crippen molar-refractivity contribution in [2.24, 2.45) is 0 Å². The Bertz CT molecular complexity index is 1010. The molecule has 8 nitrogen and oxygen atoms in total. The van der Waals surface area contributed by atoms with Gasteiger partial charge in [-0.15, -0.1) is 0 Å². The molecule has 0 spiro atoms. The lowest BCUT2D eigenvalue weighted by atomic mass is 10.3. The predicted octanol–water partition coefficient (Wildman–Crippen LogP) is 3.17. The number of hydrogen-bond donors (Lipinski definition) is 1. The molecule has 168 valence electrons. The van der Waals surface area contributed by atoms with Crippen LogP contribution in [0, 0.1) is 0 Å². The SMILES string of the molecule is CCCOc1ccccc1OCC(=O)Nc1ccc(Cl)c(S(=O)(=O)N2CCOCC2)c1. The van der Waals surface area contributed by atoms with Crippen molar-refractivity contribution in [1.82, 2.24) is 4.31 Å². The van der Waals surface area contributed by atoms with Crippen LogP contribution in [0.3, 0.4) is 0 Å². The van der Waals surface area contributed by atoms with E-state index in [2.05, 4.69) is 5.32 Å². The molecule has 0 saturated carbocycles. The average Bonchev–Trinajstić information content (AvgIpc) is 2.78. The Balaban J connectivity index is 1.67. The first-order valence-corrected chi connectivity index (χ1v) is 11.8. The zero-order chi connectivity index (χ0) is 22.3. The highest BCUT2D eigenvalue weighted by Gasteiger charge is 2.28. The minimum absolute atomic E-state index is 0.0619. The van der Waals surface area contributed by atoms with Crippen molar-refractivity contribution >= 4 is 33.2 Å². The van der Waals surface area contributed by atoms with Crippen LogP contribution in [0.2, 0.25) is 5.02 Å². The molecule has 1 aliphatic rings. The molecule has 0 aromatic heterocycles. The molecule has 31 heavy (non-hydrogen) atoms. The number of para-hydroxylation sites is 2. The van der Waals surface area contributed by atoms with Gasteiger partial charge in [0.2, 0.25) is 10.0 Å².